The van der Waals surface area contributed by atoms with E-state index in [0.29, 0.717) is 0 Å². The van der Waals surface area contributed by atoms with Crippen LogP contribution in [0.25, 0.3) is 10.9 Å². The standard InChI is InChI=1S/C15H20N2/c1-11-4-7-15-14(9-11)12(10-17-15)3-2-8-16-13-5-6-13/h4,7,9-10,13,16-17H,2-3,5-6,8H2,1H3. The highest BCUT2D eigenvalue weighted by atomic mass is 14.9. The maximum atomic E-state index is 3.57. The van der Waals surface area contributed by atoms with Gasteiger partial charge in [0.15, 0.2) is 0 Å². The summed E-state index contributed by atoms with van der Waals surface area (Å²) in [5.41, 5.74) is 4.07. The second-order valence-corrected chi connectivity index (χ2v) is 5.19. The molecule has 1 aromatic heterocycles. The van der Waals surface area contributed by atoms with Gasteiger partial charge in [0.25, 0.3) is 0 Å². The minimum atomic E-state index is 0.834. The van der Waals surface area contributed by atoms with E-state index in [1.54, 1.807) is 0 Å². The summed E-state index contributed by atoms with van der Waals surface area (Å²) in [6, 6.07) is 7.46. The van der Waals surface area contributed by atoms with E-state index in [0.717, 1.165) is 12.6 Å². The molecule has 0 amide bonds. The summed E-state index contributed by atoms with van der Waals surface area (Å²) in [5.74, 6) is 0. The molecule has 1 fully saturated rings. The van der Waals surface area contributed by atoms with Gasteiger partial charge >= 0.3 is 0 Å². The van der Waals surface area contributed by atoms with Crippen LogP contribution in [0.1, 0.15) is 30.4 Å². The SMILES string of the molecule is Cc1ccc2[nH]cc(CCCNC3CC3)c2c1. The fraction of sp³-hybridized carbons (Fsp3) is 0.467. The quantitative estimate of drug-likeness (QED) is 0.756. The molecule has 0 unspecified atom stereocenters. The average molecular weight is 228 g/mol. The van der Waals surface area contributed by atoms with Gasteiger partial charge in [-0.05, 0) is 56.8 Å². The van der Waals surface area contributed by atoms with Crippen molar-refractivity contribution < 1.29 is 0 Å². The maximum absolute atomic E-state index is 3.57. The number of hydrogen-bond acceptors (Lipinski definition) is 1. The first-order valence-corrected chi connectivity index (χ1v) is 6.63. The monoisotopic (exact) mass is 228 g/mol. The number of rotatable bonds is 5. The predicted molar refractivity (Wildman–Crippen MR) is 72.4 cm³/mol. The Hall–Kier alpha value is -1.28. The van der Waals surface area contributed by atoms with Crippen molar-refractivity contribution in [2.75, 3.05) is 6.54 Å². The van der Waals surface area contributed by atoms with E-state index in [-0.39, 0.29) is 0 Å². The molecule has 2 heteroatoms. The third kappa shape index (κ3) is 2.52. The number of aryl methyl sites for hydroxylation is 2. The van der Waals surface area contributed by atoms with Crippen LogP contribution in [0.2, 0.25) is 0 Å². The van der Waals surface area contributed by atoms with Crippen LogP contribution in [0.15, 0.2) is 24.4 Å². The van der Waals surface area contributed by atoms with Gasteiger partial charge in [0.1, 0.15) is 0 Å². The molecule has 0 aliphatic heterocycles. The fourth-order valence-corrected chi connectivity index (χ4v) is 2.37. The Bertz CT molecular complexity index is 509. The van der Waals surface area contributed by atoms with Crippen LogP contribution in [0.5, 0.6) is 0 Å². The summed E-state index contributed by atoms with van der Waals surface area (Å²) in [7, 11) is 0. The lowest BCUT2D eigenvalue weighted by molar-refractivity contribution is 0.646. The molecule has 90 valence electrons. The van der Waals surface area contributed by atoms with E-state index < -0.39 is 0 Å². The normalized spacial score (nSPS) is 15.6. The zero-order chi connectivity index (χ0) is 11.7. The van der Waals surface area contributed by atoms with Gasteiger partial charge in [-0.1, -0.05) is 11.6 Å². The highest BCUT2D eigenvalue weighted by Crippen LogP contribution is 2.21. The highest BCUT2D eigenvalue weighted by molar-refractivity contribution is 5.83. The van der Waals surface area contributed by atoms with Crippen LogP contribution in [0.4, 0.5) is 0 Å². The largest absolute Gasteiger partial charge is 0.361 e. The zero-order valence-electron chi connectivity index (χ0n) is 10.4. The molecule has 0 saturated heterocycles. The maximum Gasteiger partial charge on any atom is 0.0456 e. The third-order valence-electron chi connectivity index (χ3n) is 3.56. The number of nitrogens with one attached hydrogen (secondary N) is 2. The van der Waals surface area contributed by atoms with Gasteiger partial charge in [0.05, 0.1) is 0 Å². The molecule has 1 aliphatic carbocycles. The molecule has 1 saturated carbocycles. The number of H-pyrrole nitrogens is 1. The Morgan fingerprint density at radius 1 is 1.35 bits per heavy atom. The van der Waals surface area contributed by atoms with Gasteiger partial charge in [-0.2, -0.15) is 0 Å². The van der Waals surface area contributed by atoms with Crippen molar-refractivity contribution >= 4 is 10.9 Å². The lowest BCUT2D eigenvalue weighted by Crippen LogP contribution is -2.17. The van der Waals surface area contributed by atoms with Gasteiger partial charge in [0.2, 0.25) is 0 Å². The molecule has 0 spiro atoms. The van der Waals surface area contributed by atoms with Crippen LogP contribution in [0.3, 0.4) is 0 Å². The Morgan fingerprint density at radius 3 is 3.06 bits per heavy atom. The highest BCUT2D eigenvalue weighted by Gasteiger charge is 2.19. The molecular weight excluding hydrogens is 208 g/mol. The summed E-state index contributed by atoms with van der Waals surface area (Å²) in [5, 5.41) is 4.97. The van der Waals surface area contributed by atoms with Crippen molar-refractivity contribution in [3.8, 4) is 0 Å². The number of aromatic amines is 1. The molecule has 1 aliphatic rings. The van der Waals surface area contributed by atoms with E-state index in [9.17, 15) is 0 Å². The van der Waals surface area contributed by atoms with Crippen molar-refractivity contribution in [3.05, 3.63) is 35.5 Å². The summed E-state index contributed by atoms with van der Waals surface area (Å²) < 4.78 is 0. The van der Waals surface area contributed by atoms with Crippen molar-refractivity contribution in [2.24, 2.45) is 0 Å². The van der Waals surface area contributed by atoms with E-state index in [2.05, 4.69) is 41.6 Å². The van der Waals surface area contributed by atoms with Gasteiger partial charge < -0.3 is 10.3 Å². The second-order valence-electron chi connectivity index (χ2n) is 5.19. The molecule has 2 N–H and O–H groups in total. The van der Waals surface area contributed by atoms with E-state index in [1.807, 2.05) is 0 Å². The molecule has 2 nitrogen and oxygen atoms in total. The Labute approximate surface area is 102 Å². The van der Waals surface area contributed by atoms with Crippen LogP contribution in [0, 0.1) is 6.92 Å². The smallest absolute Gasteiger partial charge is 0.0456 e. The first kappa shape index (κ1) is 10.8. The number of hydrogen-bond donors (Lipinski definition) is 2. The van der Waals surface area contributed by atoms with Crippen molar-refractivity contribution in [3.63, 3.8) is 0 Å². The number of fused-ring (bicyclic) bond motifs is 1. The van der Waals surface area contributed by atoms with Crippen LogP contribution >= 0.6 is 0 Å². The van der Waals surface area contributed by atoms with Gasteiger partial charge in [-0.15, -0.1) is 0 Å². The van der Waals surface area contributed by atoms with Crippen LogP contribution in [-0.4, -0.2) is 17.6 Å². The van der Waals surface area contributed by atoms with Crippen LogP contribution < -0.4 is 5.32 Å². The number of aromatic nitrogens is 1. The zero-order valence-corrected chi connectivity index (χ0v) is 10.4. The first-order chi connectivity index (χ1) is 8.33. The van der Waals surface area contributed by atoms with Crippen molar-refractivity contribution in [1.29, 1.82) is 0 Å². The molecule has 0 bridgehead atoms. The Morgan fingerprint density at radius 2 is 2.24 bits per heavy atom. The molecule has 1 aromatic carbocycles. The topological polar surface area (TPSA) is 27.8 Å². The first-order valence-electron chi connectivity index (χ1n) is 6.63. The van der Waals surface area contributed by atoms with Crippen LogP contribution in [-0.2, 0) is 6.42 Å². The molecular formula is C15H20N2. The summed E-state index contributed by atoms with van der Waals surface area (Å²) >= 11 is 0. The predicted octanol–water partition coefficient (Wildman–Crippen LogP) is 3.16. The minimum Gasteiger partial charge on any atom is -0.361 e. The van der Waals surface area contributed by atoms with Gasteiger partial charge in [-0.25, -0.2) is 0 Å². The van der Waals surface area contributed by atoms with Crippen molar-refractivity contribution in [2.45, 2.75) is 38.6 Å². The Balaban J connectivity index is 1.64. The molecule has 17 heavy (non-hydrogen) atoms. The van der Waals surface area contributed by atoms with E-state index in [1.165, 1.54) is 47.7 Å². The minimum absolute atomic E-state index is 0.834. The van der Waals surface area contributed by atoms with Gasteiger partial charge in [0, 0.05) is 23.1 Å². The molecule has 0 radical (unpaired) electrons. The molecule has 1 heterocycles. The lowest BCUT2D eigenvalue weighted by Gasteiger charge is -2.02. The van der Waals surface area contributed by atoms with E-state index in [4.69, 9.17) is 0 Å². The molecule has 3 rings (SSSR count). The Kier molecular flexibility index (Phi) is 2.89. The van der Waals surface area contributed by atoms with Gasteiger partial charge in [-0.3, -0.25) is 0 Å². The third-order valence-corrected chi connectivity index (χ3v) is 3.56. The summed E-state index contributed by atoms with van der Waals surface area (Å²) in [4.78, 5) is 3.36. The average Bonchev–Trinajstić information content (AvgIpc) is 3.07. The number of benzene rings is 1. The van der Waals surface area contributed by atoms with E-state index >= 15 is 0 Å². The summed E-state index contributed by atoms with van der Waals surface area (Å²) in [6.07, 6.45) is 7.33. The second kappa shape index (κ2) is 4.53. The summed E-state index contributed by atoms with van der Waals surface area (Å²) in [6.45, 7) is 3.31. The van der Waals surface area contributed by atoms with Crippen molar-refractivity contribution in [1.82, 2.24) is 10.3 Å². The molecule has 2 aromatic rings. The lowest BCUT2D eigenvalue weighted by atomic mass is 10.1. The molecule has 0 atom stereocenters. The fourth-order valence-electron chi connectivity index (χ4n) is 2.37.